The van der Waals surface area contributed by atoms with Gasteiger partial charge in [-0.3, -0.25) is 5.10 Å². The van der Waals surface area contributed by atoms with Crippen LogP contribution in [0.2, 0.25) is 5.02 Å². The van der Waals surface area contributed by atoms with Crippen LogP contribution < -0.4 is 10.2 Å². The monoisotopic (exact) mass is 346 g/mol. The molecule has 7 heteroatoms. The maximum Gasteiger partial charge on any atom is 0.214 e. The van der Waals surface area contributed by atoms with Crippen LogP contribution in [0.15, 0.2) is 54.9 Å². The number of H-pyrrole nitrogens is 1. The van der Waals surface area contributed by atoms with E-state index in [1.165, 1.54) is 0 Å². The first-order valence-corrected chi connectivity index (χ1v) is 7.82. The summed E-state index contributed by atoms with van der Waals surface area (Å²) in [4.78, 5) is 0. The van der Waals surface area contributed by atoms with E-state index >= 15 is 0 Å². The fourth-order valence-corrected chi connectivity index (χ4v) is 2.45. The van der Waals surface area contributed by atoms with Crippen molar-refractivity contribution in [2.75, 3.05) is 5.43 Å². The van der Waals surface area contributed by atoms with Crippen molar-refractivity contribution in [1.82, 2.24) is 14.9 Å². The summed E-state index contributed by atoms with van der Waals surface area (Å²) in [6.45, 7) is 0.981. The van der Waals surface area contributed by atoms with Crippen molar-refractivity contribution in [2.24, 2.45) is 0 Å². The van der Waals surface area contributed by atoms with Crippen molar-refractivity contribution in [2.45, 2.75) is 13.2 Å². The lowest BCUT2D eigenvalue weighted by Gasteiger charge is -2.13. The summed E-state index contributed by atoms with van der Waals surface area (Å²) in [5, 5.41) is 7.26. The number of hydrogen-bond donors (Lipinski definition) is 2. The number of aromatic amines is 1. The van der Waals surface area contributed by atoms with Gasteiger partial charge in [0.2, 0.25) is 4.77 Å². The molecule has 0 radical (unpaired) electrons. The van der Waals surface area contributed by atoms with Crippen LogP contribution in [0.1, 0.15) is 11.1 Å². The number of benzene rings is 2. The summed E-state index contributed by atoms with van der Waals surface area (Å²) in [5.74, 6) is 0.801. The van der Waals surface area contributed by atoms with Crippen LogP contribution in [0, 0.1) is 4.77 Å². The zero-order valence-electron chi connectivity index (χ0n) is 12.2. The number of halogens is 1. The molecule has 0 amide bonds. The molecular weight excluding hydrogens is 332 g/mol. The van der Waals surface area contributed by atoms with Crippen LogP contribution in [-0.2, 0) is 13.2 Å². The third-order valence-corrected chi connectivity index (χ3v) is 3.96. The molecule has 3 rings (SSSR count). The van der Waals surface area contributed by atoms with E-state index in [9.17, 15) is 0 Å². The summed E-state index contributed by atoms with van der Waals surface area (Å²) >= 11 is 11.3. The van der Waals surface area contributed by atoms with E-state index < -0.39 is 0 Å². The second kappa shape index (κ2) is 7.30. The minimum absolute atomic E-state index is 0.418. The Labute approximate surface area is 143 Å². The Morgan fingerprint density at radius 2 is 1.87 bits per heavy atom. The fourth-order valence-electron chi connectivity index (χ4n) is 2.09. The molecule has 0 spiro atoms. The Kier molecular flexibility index (Phi) is 4.95. The number of aromatic nitrogens is 3. The van der Waals surface area contributed by atoms with Gasteiger partial charge >= 0.3 is 0 Å². The molecule has 0 aliphatic heterocycles. The van der Waals surface area contributed by atoms with Crippen LogP contribution in [0.3, 0.4) is 0 Å². The van der Waals surface area contributed by atoms with E-state index in [0.29, 0.717) is 22.9 Å². The Balaban J connectivity index is 1.69. The number of para-hydroxylation sites is 1. The number of hydrogen-bond acceptors (Lipinski definition) is 4. The smallest absolute Gasteiger partial charge is 0.214 e. The van der Waals surface area contributed by atoms with Gasteiger partial charge in [-0.25, -0.2) is 4.68 Å². The Morgan fingerprint density at radius 1 is 1.13 bits per heavy atom. The third kappa shape index (κ3) is 3.91. The van der Waals surface area contributed by atoms with Crippen molar-refractivity contribution in [3.8, 4) is 5.75 Å². The van der Waals surface area contributed by atoms with Gasteiger partial charge in [-0.1, -0.05) is 48.0 Å². The average molecular weight is 347 g/mol. The van der Waals surface area contributed by atoms with E-state index in [2.05, 4.69) is 15.6 Å². The van der Waals surface area contributed by atoms with Gasteiger partial charge in [-0.15, -0.1) is 0 Å². The molecule has 0 atom stereocenters. The van der Waals surface area contributed by atoms with Gasteiger partial charge in [0.05, 0.1) is 6.54 Å². The van der Waals surface area contributed by atoms with Crippen LogP contribution >= 0.6 is 23.8 Å². The largest absolute Gasteiger partial charge is 0.488 e. The molecular formula is C16H15ClN4OS. The number of nitrogens with zero attached hydrogens (tertiary/aromatic N) is 2. The lowest BCUT2D eigenvalue weighted by Crippen LogP contribution is -2.14. The van der Waals surface area contributed by atoms with Gasteiger partial charge in [0.1, 0.15) is 18.7 Å². The zero-order chi connectivity index (χ0) is 16.1. The quantitative estimate of drug-likeness (QED) is 0.664. The predicted octanol–water partition coefficient (Wildman–Crippen LogP) is 3.92. The molecule has 23 heavy (non-hydrogen) atoms. The first-order valence-electron chi connectivity index (χ1n) is 7.04. The molecule has 2 N–H and O–H groups in total. The third-order valence-electron chi connectivity index (χ3n) is 3.31. The van der Waals surface area contributed by atoms with E-state index in [1.807, 2.05) is 48.5 Å². The van der Waals surface area contributed by atoms with Gasteiger partial charge in [0.15, 0.2) is 0 Å². The molecule has 1 heterocycles. The molecule has 0 saturated heterocycles. The molecule has 2 aromatic carbocycles. The zero-order valence-corrected chi connectivity index (χ0v) is 13.8. The van der Waals surface area contributed by atoms with Gasteiger partial charge in [0.25, 0.3) is 0 Å². The molecule has 5 nitrogen and oxygen atoms in total. The first kappa shape index (κ1) is 15.6. The van der Waals surface area contributed by atoms with Crippen molar-refractivity contribution < 1.29 is 4.74 Å². The minimum atomic E-state index is 0.418. The Morgan fingerprint density at radius 3 is 2.61 bits per heavy atom. The number of ether oxygens (including phenoxy) is 1. The molecule has 0 aliphatic rings. The molecule has 0 aliphatic carbocycles. The highest BCUT2D eigenvalue weighted by atomic mass is 35.5. The summed E-state index contributed by atoms with van der Waals surface area (Å²) in [6, 6.07) is 15.5. The van der Waals surface area contributed by atoms with E-state index in [1.54, 1.807) is 11.0 Å². The van der Waals surface area contributed by atoms with Gasteiger partial charge in [0, 0.05) is 16.1 Å². The van der Waals surface area contributed by atoms with Gasteiger partial charge in [-0.2, -0.15) is 5.10 Å². The maximum absolute atomic E-state index is 6.16. The first-order chi connectivity index (χ1) is 11.2. The van der Waals surface area contributed by atoms with Crippen molar-refractivity contribution in [3.05, 3.63) is 75.8 Å². The van der Waals surface area contributed by atoms with Crippen LogP contribution in [-0.4, -0.2) is 14.9 Å². The lowest BCUT2D eigenvalue weighted by atomic mass is 10.2. The van der Waals surface area contributed by atoms with Gasteiger partial charge < -0.3 is 10.2 Å². The Bertz CT molecular complexity index is 846. The maximum atomic E-state index is 6.16. The number of nitrogens with one attached hydrogen (secondary N) is 2. The molecule has 1 aromatic heterocycles. The molecule has 0 saturated carbocycles. The summed E-state index contributed by atoms with van der Waals surface area (Å²) in [5.41, 5.74) is 5.14. The van der Waals surface area contributed by atoms with Crippen LogP contribution in [0.4, 0.5) is 0 Å². The number of rotatable bonds is 6. The summed E-state index contributed by atoms with van der Waals surface area (Å²) in [6.07, 6.45) is 1.59. The van der Waals surface area contributed by atoms with Crippen molar-refractivity contribution >= 4 is 23.8 Å². The van der Waals surface area contributed by atoms with Crippen LogP contribution in [0.25, 0.3) is 0 Å². The Hall–Kier alpha value is -2.31. The standard InChI is InChI=1S/C16H15ClN4OS/c17-14-7-3-1-6-13(14)10-22-15-8-4-2-5-12(15)9-19-21-11-18-20-16(21)23/h1-8,11,19H,9-10H2,(H,20,23). The van der Waals surface area contributed by atoms with Gasteiger partial charge in [-0.05, 0) is 24.4 Å². The second-order valence-electron chi connectivity index (χ2n) is 4.85. The average Bonchev–Trinajstić information content (AvgIpc) is 2.98. The minimum Gasteiger partial charge on any atom is -0.488 e. The van der Waals surface area contributed by atoms with E-state index in [0.717, 1.165) is 16.9 Å². The van der Waals surface area contributed by atoms with E-state index in [-0.39, 0.29) is 0 Å². The van der Waals surface area contributed by atoms with Crippen LogP contribution in [0.5, 0.6) is 5.75 Å². The SMILES string of the molecule is S=c1[nH]ncn1NCc1ccccc1OCc1ccccc1Cl. The highest BCUT2D eigenvalue weighted by Crippen LogP contribution is 2.22. The fraction of sp³-hybridized carbons (Fsp3) is 0.125. The molecule has 0 unspecified atom stereocenters. The normalized spacial score (nSPS) is 10.5. The van der Waals surface area contributed by atoms with E-state index in [4.69, 9.17) is 28.6 Å². The predicted molar refractivity (Wildman–Crippen MR) is 92.7 cm³/mol. The topological polar surface area (TPSA) is 54.9 Å². The molecule has 0 bridgehead atoms. The molecule has 0 fully saturated rings. The van der Waals surface area contributed by atoms with Crippen molar-refractivity contribution in [1.29, 1.82) is 0 Å². The lowest BCUT2D eigenvalue weighted by molar-refractivity contribution is 0.303. The molecule has 3 aromatic rings. The summed E-state index contributed by atoms with van der Waals surface area (Å²) < 4.78 is 8.09. The molecule has 118 valence electrons. The summed E-state index contributed by atoms with van der Waals surface area (Å²) in [7, 11) is 0. The van der Waals surface area contributed by atoms with Crippen molar-refractivity contribution in [3.63, 3.8) is 0 Å². The second-order valence-corrected chi connectivity index (χ2v) is 5.65. The highest BCUT2D eigenvalue weighted by molar-refractivity contribution is 7.71. The highest BCUT2D eigenvalue weighted by Gasteiger charge is 2.05.